The van der Waals surface area contributed by atoms with Crippen molar-refractivity contribution in [1.82, 2.24) is 4.90 Å². The number of primary amides is 1. The Hall–Kier alpha value is -2.31. The summed E-state index contributed by atoms with van der Waals surface area (Å²) in [5, 5.41) is 9.17. The third kappa shape index (κ3) is 2.91. The molecule has 0 aromatic heterocycles. The molecule has 1 fully saturated rings. The fourth-order valence-electron chi connectivity index (χ4n) is 2.81. The molecule has 1 heterocycles. The molecule has 0 bridgehead atoms. The van der Waals surface area contributed by atoms with Crippen LogP contribution in [0.5, 0.6) is 0 Å². The summed E-state index contributed by atoms with van der Waals surface area (Å²) in [6.07, 6.45) is -0.954. The molecule has 7 heteroatoms. The molecule has 6 nitrogen and oxygen atoms in total. The second-order valence-electron chi connectivity index (χ2n) is 5.32. The molecule has 0 unspecified atom stereocenters. The third-order valence-corrected chi connectivity index (χ3v) is 3.72. The van der Waals surface area contributed by atoms with E-state index in [1.54, 1.807) is 6.07 Å². The highest BCUT2D eigenvalue weighted by Gasteiger charge is 2.33. The molecule has 0 saturated carbocycles. The molecule has 0 radical (unpaired) electrons. The lowest BCUT2D eigenvalue weighted by Crippen LogP contribution is -2.58. The van der Waals surface area contributed by atoms with E-state index in [0.29, 0.717) is 18.8 Å². The predicted octanol–water partition coefficient (Wildman–Crippen LogP) is 1.50. The van der Waals surface area contributed by atoms with E-state index in [1.165, 1.54) is 17.0 Å². The van der Waals surface area contributed by atoms with Crippen LogP contribution in [0.3, 0.4) is 0 Å². The normalized spacial score (nSPS) is 22.2. The van der Waals surface area contributed by atoms with E-state index in [0.717, 1.165) is 0 Å². The number of hydrogen-bond acceptors (Lipinski definition) is 3. The van der Waals surface area contributed by atoms with Crippen molar-refractivity contribution in [2.75, 3.05) is 18.0 Å². The Bertz CT molecular complexity index is 567. The van der Waals surface area contributed by atoms with Crippen molar-refractivity contribution >= 4 is 17.7 Å². The second kappa shape index (κ2) is 5.59. The number of hydrogen-bond donors (Lipinski definition) is 2. The fourth-order valence-corrected chi connectivity index (χ4v) is 2.81. The Kier molecular flexibility index (Phi) is 4.02. The molecule has 2 amide bonds. The first-order valence-corrected chi connectivity index (χ1v) is 6.66. The van der Waals surface area contributed by atoms with Crippen LogP contribution < -0.4 is 10.6 Å². The van der Waals surface area contributed by atoms with Crippen molar-refractivity contribution in [3.63, 3.8) is 0 Å². The highest BCUT2D eigenvalue weighted by atomic mass is 19.1. The predicted molar refractivity (Wildman–Crippen MR) is 75.9 cm³/mol. The van der Waals surface area contributed by atoms with Gasteiger partial charge in [0.2, 0.25) is 0 Å². The number of amides is 2. The number of halogens is 1. The lowest BCUT2D eigenvalue weighted by molar-refractivity contribution is 0.0975. The van der Waals surface area contributed by atoms with Crippen LogP contribution in [0.15, 0.2) is 18.2 Å². The van der Waals surface area contributed by atoms with Crippen molar-refractivity contribution in [1.29, 1.82) is 0 Å². The van der Waals surface area contributed by atoms with Gasteiger partial charge in [0, 0.05) is 18.8 Å². The van der Waals surface area contributed by atoms with Crippen molar-refractivity contribution in [3.8, 4) is 0 Å². The number of nitrogens with two attached hydrogens (primary N) is 1. The number of anilines is 1. The smallest absolute Gasteiger partial charge is 0.407 e. The lowest BCUT2D eigenvalue weighted by Gasteiger charge is -2.43. The van der Waals surface area contributed by atoms with E-state index in [9.17, 15) is 19.1 Å². The molecule has 0 spiro atoms. The van der Waals surface area contributed by atoms with Gasteiger partial charge in [-0.25, -0.2) is 9.18 Å². The Morgan fingerprint density at radius 3 is 2.29 bits per heavy atom. The molecule has 1 saturated heterocycles. The van der Waals surface area contributed by atoms with Crippen molar-refractivity contribution in [3.05, 3.63) is 29.6 Å². The third-order valence-electron chi connectivity index (χ3n) is 3.72. The summed E-state index contributed by atoms with van der Waals surface area (Å²) in [6.45, 7) is 4.55. The summed E-state index contributed by atoms with van der Waals surface area (Å²) < 4.78 is 13.8. The monoisotopic (exact) mass is 295 g/mol. The Morgan fingerprint density at radius 2 is 1.86 bits per heavy atom. The molecule has 0 aliphatic carbocycles. The minimum absolute atomic E-state index is 0.149. The molecule has 2 atom stereocenters. The lowest BCUT2D eigenvalue weighted by atomic mass is 10.1. The number of nitrogens with zero attached hydrogens (tertiary/aromatic N) is 2. The number of piperazine rings is 1. The van der Waals surface area contributed by atoms with Gasteiger partial charge in [0.1, 0.15) is 5.82 Å². The maximum absolute atomic E-state index is 13.8. The molecular weight excluding hydrogens is 277 g/mol. The van der Waals surface area contributed by atoms with Gasteiger partial charge in [0.15, 0.2) is 0 Å². The first-order valence-electron chi connectivity index (χ1n) is 6.66. The summed E-state index contributed by atoms with van der Waals surface area (Å²) in [5.41, 5.74) is 5.54. The van der Waals surface area contributed by atoms with Crippen molar-refractivity contribution in [2.45, 2.75) is 25.9 Å². The number of rotatable bonds is 2. The average Bonchev–Trinajstić information content (AvgIpc) is 2.36. The molecule has 1 aliphatic rings. The van der Waals surface area contributed by atoms with E-state index in [2.05, 4.69) is 0 Å². The van der Waals surface area contributed by atoms with Gasteiger partial charge in [-0.2, -0.15) is 0 Å². The van der Waals surface area contributed by atoms with Crippen LogP contribution in [0, 0.1) is 5.82 Å². The van der Waals surface area contributed by atoms with E-state index in [4.69, 9.17) is 5.73 Å². The maximum Gasteiger partial charge on any atom is 0.407 e. The molecule has 1 aromatic carbocycles. The molecule has 1 aromatic rings. The van der Waals surface area contributed by atoms with Crippen LogP contribution in [0.1, 0.15) is 24.2 Å². The standard InChI is InChI=1S/C14H18FN3O3/c1-8-6-17(7-9(2)18(8)14(20)21)10-3-4-11(13(16)19)12(15)5-10/h3-5,8-9H,6-7H2,1-2H3,(H2,16,19)(H,20,21)/t8-,9+. The minimum Gasteiger partial charge on any atom is -0.465 e. The van der Waals surface area contributed by atoms with E-state index < -0.39 is 17.8 Å². The molecule has 114 valence electrons. The largest absolute Gasteiger partial charge is 0.465 e. The van der Waals surface area contributed by atoms with Gasteiger partial charge in [-0.15, -0.1) is 0 Å². The van der Waals surface area contributed by atoms with Gasteiger partial charge in [-0.3, -0.25) is 9.69 Å². The number of carbonyl (C=O) groups is 2. The summed E-state index contributed by atoms with van der Waals surface area (Å²) in [5.74, 6) is -1.47. The number of carboxylic acid groups (broad SMARTS) is 1. The zero-order chi connectivity index (χ0) is 15.7. The van der Waals surface area contributed by atoms with Crippen LogP contribution in [-0.4, -0.2) is 47.2 Å². The zero-order valence-corrected chi connectivity index (χ0v) is 11.9. The Balaban J connectivity index is 2.22. The van der Waals surface area contributed by atoms with Gasteiger partial charge in [0.05, 0.1) is 17.6 Å². The Morgan fingerprint density at radius 1 is 1.29 bits per heavy atom. The first-order chi connectivity index (χ1) is 9.81. The molecule has 21 heavy (non-hydrogen) atoms. The van der Waals surface area contributed by atoms with Crippen molar-refractivity contribution in [2.24, 2.45) is 5.73 Å². The van der Waals surface area contributed by atoms with E-state index in [-0.39, 0.29) is 17.6 Å². The minimum atomic E-state index is -0.954. The van der Waals surface area contributed by atoms with E-state index in [1.807, 2.05) is 18.7 Å². The van der Waals surface area contributed by atoms with Gasteiger partial charge in [0.25, 0.3) is 5.91 Å². The summed E-state index contributed by atoms with van der Waals surface area (Å²) in [7, 11) is 0. The summed E-state index contributed by atoms with van der Waals surface area (Å²) in [4.78, 5) is 25.5. The van der Waals surface area contributed by atoms with Gasteiger partial charge in [-0.1, -0.05) is 0 Å². The molecule has 3 N–H and O–H groups in total. The van der Waals surface area contributed by atoms with Gasteiger partial charge >= 0.3 is 6.09 Å². The molecular formula is C14H18FN3O3. The quantitative estimate of drug-likeness (QED) is 0.865. The van der Waals surface area contributed by atoms with Crippen LogP contribution in [0.4, 0.5) is 14.9 Å². The van der Waals surface area contributed by atoms with Gasteiger partial charge in [-0.05, 0) is 32.0 Å². The van der Waals surface area contributed by atoms with Gasteiger partial charge < -0.3 is 15.7 Å². The highest BCUT2D eigenvalue weighted by molar-refractivity contribution is 5.93. The van der Waals surface area contributed by atoms with Crippen LogP contribution in [0.25, 0.3) is 0 Å². The first kappa shape index (κ1) is 15.1. The van der Waals surface area contributed by atoms with Crippen LogP contribution in [0.2, 0.25) is 0 Å². The van der Waals surface area contributed by atoms with Crippen LogP contribution in [-0.2, 0) is 0 Å². The van der Waals surface area contributed by atoms with Crippen LogP contribution >= 0.6 is 0 Å². The van der Waals surface area contributed by atoms with Crippen molar-refractivity contribution < 1.29 is 19.1 Å². The molecule has 1 aliphatic heterocycles. The molecule has 2 rings (SSSR count). The SMILES string of the molecule is C[C@@H]1CN(c2ccc(C(N)=O)c(F)c2)C[C@H](C)N1C(=O)O. The Labute approximate surface area is 121 Å². The zero-order valence-electron chi connectivity index (χ0n) is 11.9. The second-order valence-corrected chi connectivity index (χ2v) is 5.32. The number of carbonyl (C=O) groups excluding carboxylic acids is 1. The van der Waals surface area contributed by atoms with E-state index >= 15 is 0 Å². The highest BCUT2D eigenvalue weighted by Crippen LogP contribution is 2.24. The topological polar surface area (TPSA) is 86.9 Å². The summed E-state index contributed by atoms with van der Waals surface area (Å²) >= 11 is 0. The summed E-state index contributed by atoms with van der Waals surface area (Å²) in [6, 6.07) is 3.83. The fraction of sp³-hybridized carbons (Fsp3) is 0.429. The maximum atomic E-state index is 13.8. The average molecular weight is 295 g/mol. The number of benzene rings is 1.